The molecule has 0 radical (unpaired) electrons. The van der Waals surface area contributed by atoms with Crippen LogP contribution in [0.4, 0.5) is 0 Å². The van der Waals surface area contributed by atoms with E-state index < -0.39 is 5.97 Å². The summed E-state index contributed by atoms with van der Waals surface area (Å²) in [4.78, 5) is 11.8. The van der Waals surface area contributed by atoms with Crippen molar-refractivity contribution in [2.75, 3.05) is 13.4 Å². The van der Waals surface area contributed by atoms with Gasteiger partial charge in [-0.3, -0.25) is 4.79 Å². The average molecular weight is 319 g/mol. The summed E-state index contributed by atoms with van der Waals surface area (Å²) >= 11 is 5.02. The van der Waals surface area contributed by atoms with E-state index in [9.17, 15) is 4.79 Å². The standard InChI is InChI=1S/C12H15BrO3S/c1-7(12(14)15)4-8-5-9(13)11(16-2)10(6-8)17-3/h5-7H,4H2,1-3H3,(H,14,15). The number of rotatable bonds is 5. The Kier molecular flexibility index (Phi) is 5.33. The zero-order valence-corrected chi connectivity index (χ0v) is 12.4. The van der Waals surface area contributed by atoms with Crippen molar-refractivity contribution in [2.45, 2.75) is 18.2 Å². The molecule has 1 atom stereocenters. The van der Waals surface area contributed by atoms with Crippen molar-refractivity contribution in [3.8, 4) is 5.75 Å². The Balaban J connectivity index is 3.03. The number of halogens is 1. The topological polar surface area (TPSA) is 46.5 Å². The summed E-state index contributed by atoms with van der Waals surface area (Å²) in [6, 6.07) is 3.89. The van der Waals surface area contributed by atoms with Gasteiger partial charge in [0.25, 0.3) is 0 Å². The second-order valence-corrected chi connectivity index (χ2v) is 5.46. The zero-order valence-electron chi connectivity index (χ0n) is 9.99. The van der Waals surface area contributed by atoms with E-state index >= 15 is 0 Å². The van der Waals surface area contributed by atoms with Gasteiger partial charge in [0.2, 0.25) is 0 Å². The Hall–Kier alpha value is -0.680. The summed E-state index contributed by atoms with van der Waals surface area (Å²) < 4.78 is 6.15. The predicted octanol–water partition coefficient (Wildman–Crippen LogP) is 3.44. The van der Waals surface area contributed by atoms with Crippen LogP contribution in [0.1, 0.15) is 12.5 Å². The minimum atomic E-state index is -0.775. The molecule has 1 N–H and O–H groups in total. The molecular weight excluding hydrogens is 304 g/mol. The summed E-state index contributed by atoms with van der Waals surface area (Å²) in [5, 5.41) is 8.90. The highest BCUT2D eigenvalue weighted by molar-refractivity contribution is 9.10. The van der Waals surface area contributed by atoms with Crippen LogP contribution in [0, 0.1) is 5.92 Å². The number of benzene rings is 1. The second-order valence-electron chi connectivity index (χ2n) is 3.76. The van der Waals surface area contributed by atoms with Crippen molar-refractivity contribution in [1.82, 2.24) is 0 Å². The molecule has 0 saturated heterocycles. The largest absolute Gasteiger partial charge is 0.494 e. The molecule has 17 heavy (non-hydrogen) atoms. The van der Waals surface area contributed by atoms with Crippen LogP contribution in [0.3, 0.4) is 0 Å². The Bertz CT molecular complexity index is 420. The second kappa shape index (κ2) is 6.31. The van der Waals surface area contributed by atoms with Crippen molar-refractivity contribution >= 4 is 33.7 Å². The van der Waals surface area contributed by atoms with Gasteiger partial charge in [-0.1, -0.05) is 6.92 Å². The summed E-state index contributed by atoms with van der Waals surface area (Å²) in [5.41, 5.74) is 0.997. The van der Waals surface area contributed by atoms with Crippen LogP contribution >= 0.6 is 27.7 Å². The molecule has 0 aliphatic rings. The third kappa shape index (κ3) is 3.64. The third-order valence-corrected chi connectivity index (χ3v) is 3.79. The van der Waals surface area contributed by atoms with E-state index in [1.165, 1.54) is 0 Å². The Morgan fingerprint density at radius 3 is 2.71 bits per heavy atom. The SMILES string of the molecule is COc1c(Br)cc(CC(C)C(=O)O)cc1SC. The minimum absolute atomic E-state index is 0.384. The Labute approximate surface area is 114 Å². The fraction of sp³-hybridized carbons (Fsp3) is 0.417. The fourth-order valence-corrected chi connectivity index (χ4v) is 2.98. The van der Waals surface area contributed by atoms with Gasteiger partial charge in [0.15, 0.2) is 0 Å². The molecule has 0 aliphatic carbocycles. The fourth-order valence-electron chi connectivity index (χ4n) is 1.53. The molecular formula is C12H15BrO3S. The molecule has 0 aliphatic heterocycles. The van der Waals surface area contributed by atoms with E-state index in [-0.39, 0.29) is 5.92 Å². The Morgan fingerprint density at radius 2 is 2.24 bits per heavy atom. The van der Waals surface area contributed by atoms with Crippen molar-refractivity contribution in [3.63, 3.8) is 0 Å². The number of hydrogen-bond acceptors (Lipinski definition) is 3. The average Bonchev–Trinajstić information content (AvgIpc) is 2.27. The molecule has 1 unspecified atom stereocenters. The third-order valence-electron chi connectivity index (χ3n) is 2.46. The number of carbonyl (C=O) groups is 1. The summed E-state index contributed by atoms with van der Waals surface area (Å²) in [7, 11) is 1.62. The first-order valence-electron chi connectivity index (χ1n) is 5.12. The molecule has 0 amide bonds. The molecule has 94 valence electrons. The van der Waals surface area contributed by atoms with Crippen molar-refractivity contribution in [1.29, 1.82) is 0 Å². The molecule has 0 fully saturated rings. The lowest BCUT2D eigenvalue weighted by Gasteiger charge is -2.12. The lowest BCUT2D eigenvalue weighted by molar-refractivity contribution is -0.141. The van der Waals surface area contributed by atoms with Crippen LogP contribution < -0.4 is 4.74 Å². The highest BCUT2D eigenvalue weighted by Crippen LogP contribution is 2.36. The van der Waals surface area contributed by atoms with Crippen LogP contribution in [0.15, 0.2) is 21.5 Å². The Morgan fingerprint density at radius 1 is 1.59 bits per heavy atom. The molecule has 0 bridgehead atoms. The smallest absolute Gasteiger partial charge is 0.306 e. The molecule has 0 heterocycles. The van der Waals surface area contributed by atoms with E-state index in [2.05, 4.69) is 15.9 Å². The number of thioether (sulfide) groups is 1. The molecule has 5 heteroatoms. The van der Waals surface area contributed by atoms with Crippen molar-refractivity contribution < 1.29 is 14.6 Å². The predicted molar refractivity (Wildman–Crippen MR) is 73.0 cm³/mol. The monoisotopic (exact) mass is 318 g/mol. The molecule has 3 nitrogen and oxygen atoms in total. The molecule has 0 aromatic heterocycles. The maximum atomic E-state index is 10.8. The van der Waals surface area contributed by atoms with Crippen LogP contribution in [0.2, 0.25) is 0 Å². The number of carboxylic acid groups (broad SMARTS) is 1. The van der Waals surface area contributed by atoms with Gasteiger partial charge in [0.05, 0.1) is 22.4 Å². The van der Waals surface area contributed by atoms with Gasteiger partial charge in [-0.25, -0.2) is 0 Å². The first-order valence-corrected chi connectivity index (χ1v) is 7.14. The normalized spacial score (nSPS) is 12.2. The molecule has 1 rings (SSSR count). The highest BCUT2D eigenvalue weighted by Gasteiger charge is 2.15. The number of aliphatic carboxylic acids is 1. The highest BCUT2D eigenvalue weighted by atomic mass is 79.9. The van der Waals surface area contributed by atoms with Crippen LogP contribution in [-0.2, 0) is 11.2 Å². The van der Waals surface area contributed by atoms with Gasteiger partial charge in [-0.05, 0) is 46.3 Å². The lowest BCUT2D eigenvalue weighted by atomic mass is 10.0. The zero-order chi connectivity index (χ0) is 13.0. The van der Waals surface area contributed by atoms with E-state index in [0.717, 1.165) is 20.7 Å². The van der Waals surface area contributed by atoms with E-state index in [1.54, 1.807) is 25.8 Å². The quantitative estimate of drug-likeness (QED) is 0.845. The van der Waals surface area contributed by atoms with Crippen molar-refractivity contribution in [3.05, 3.63) is 22.2 Å². The summed E-state index contributed by atoms with van der Waals surface area (Å²) in [6.45, 7) is 1.71. The lowest BCUT2D eigenvalue weighted by Crippen LogP contribution is -2.12. The van der Waals surface area contributed by atoms with Gasteiger partial charge in [0.1, 0.15) is 5.75 Å². The van der Waals surface area contributed by atoms with Gasteiger partial charge in [0, 0.05) is 0 Å². The maximum absolute atomic E-state index is 10.8. The number of methoxy groups -OCH3 is 1. The summed E-state index contributed by atoms with van der Waals surface area (Å²) in [6.07, 6.45) is 2.49. The van der Waals surface area contributed by atoms with Gasteiger partial charge < -0.3 is 9.84 Å². The number of carboxylic acids is 1. The molecule has 0 spiro atoms. The van der Waals surface area contributed by atoms with Crippen LogP contribution in [0.25, 0.3) is 0 Å². The van der Waals surface area contributed by atoms with Crippen LogP contribution in [0.5, 0.6) is 5.75 Å². The molecule has 1 aromatic rings. The molecule has 1 aromatic carbocycles. The van der Waals surface area contributed by atoms with Crippen molar-refractivity contribution in [2.24, 2.45) is 5.92 Å². The summed E-state index contributed by atoms with van der Waals surface area (Å²) in [5.74, 6) is -0.364. The first kappa shape index (κ1) is 14.4. The minimum Gasteiger partial charge on any atom is -0.494 e. The van der Waals surface area contributed by atoms with Crippen LogP contribution in [-0.4, -0.2) is 24.4 Å². The van der Waals surface area contributed by atoms with Gasteiger partial charge >= 0.3 is 5.97 Å². The van der Waals surface area contributed by atoms with E-state index in [0.29, 0.717) is 6.42 Å². The maximum Gasteiger partial charge on any atom is 0.306 e. The number of hydrogen-bond donors (Lipinski definition) is 1. The molecule has 0 saturated carbocycles. The van der Waals surface area contributed by atoms with E-state index in [4.69, 9.17) is 9.84 Å². The number of ether oxygens (including phenoxy) is 1. The van der Waals surface area contributed by atoms with Gasteiger partial charge in [-0.15, -0.1) is 11.8 Å². The first-order chi connectivity index (χ1) is 7.99. The van der Waals surface area contributed by atoms with Gasteiger partial charge in [-0.2, -0.15) is 0 Å². The van der Waals surface area contributed by atoms with E-state index in [1.807, 2.05) is 18.4 Å².